The Kier molecular flexibility index (Phi) is 3.82. The fraction of sp³-hybridized carbons (Fsp3) is 0.417. The molecule has 1 unspecified atom stereocenters. The Morgan fingerprint density at radius 3 is 2.78 bits per heavy atom. The van der Waals surface area contributed by atoms with Crippen LogP contribution in [0.4, 0.5) is 8.78 Å². The summed E-state index contributed by atoms with van der Waals surface area (Å²) in [6.07, 6.45) is -0.0771. The molecule has 1 saturated heterocycles. The van der Waals surface area contributed by atoms with Gasteiger partial charge in [-0.05, 0) is 19.1 Å². The zero-order valence-electron chi connectivity index (χ0n) is 9.75. The number of halogens is 3. The number of carbonyl (C=O) groups excluding carboxylic acids is 1. The molecule has 2 rings (SSSR count). The molecule has 0 bridgehead atoms. The predicted molar refractivity (Wildman–Crippen MR) is 62.7 cm³/mol. The van der Waals surface area contributed by atoms with Crippen LogP contribution in [0.3, 0.4) is 0 Å². The molecule has 1 aromatic carbocycles. The molecule has 1 amide bonds. The quantitative estimate of drug-likeness (QED) is 0.737. The van der Waals surface area contributed by atoms with E-state index in [4.69, 9.17) is 16.3 Å². The standard InChI is InChI=1S/C12H12ClF2NO2/c1-7-6-16(2-3-18-7)12(17)8-4-10(14)11(15)5-9(8)13/h4-5,7H,2-3,6H2,1H3. The van der Waals surface area contributed by atoms with Crippen LogP contribution in [-0.2, 0) is 4.74 Å². The summed E-state index contributed by atoms with van der Waals surface area (Å²) in [5, 5.41) is -0.0851. The van der Waals surface area contributed by atoms with Crippen molar-refractivity contribution in [2.75, 3.05) is 19.7 Å². The van der Waals surface area contributed by atoms with E-state index in [1.165, 1.54) is 4.90 Å². The Hall–Kier alpha value is -1.20. The van der Waals surface area contributed by atoms with Gasteiger partial charge in [-0.2, -0.15) is 0 Å². The SMILES string of the molecule is CC1CN(C(=O)c2cc(F)c(F)cc2Cl)CCO1. The number of hydrogen-bond acceptors (Lipinski definition) is 2. The highest BCUT2D eigenvalue weighted by atomic mass is 35.5. The summed E-state index contributed by atoms with van der Waals surface area (Å²) in [7, 11) is 0. The number of morpholine rings is 1. The lowest BCUT2D eigenvalue weighted by Crippen LogP contribution is -2.44. The summed E-state index contributed by atoms with van der Waals surface area (Å²) in [4.78, 5) is 13.6. The molecule has 0 saturated carbocycles. The minimum atomic E-state index is -1.08. The monoisotopic (exact) mass is 275 g/mol. The molecule has 0 radical (unpaired) electrons. The second kappa shape index (κ2) is 5.20. The highest BCUT2D eigenvalue weighted by molar-refractivity contribution is 6.33. The van der Waals surface area contributed by atoms with Gasteiger partial charge in [-0.25, -0.2) is 8.78 Å². The Morgan fingerprint density at radius 2 is 2.11 bits per heavy atom. The summed E-state index contributed by atoms with van der Waals surface area (Å²) in [5.41, 5.74) is -0.0235. The minimum Gasteiger partial charge on any atom is -0.375 e. The average Bonchev–Trinajstić information content (AvgIpc) is 2.33. The second-order valence-corrected chi connectivity index (χ2v) is 4.59. The molecular weight excluding hydrogens is 264 g/mol. The van der Waals surface area contributed by atoms with Crippen molar-refractivity contribution in [1.82, 2.24) is 4.90 Å². The molecule has 98 valence electrons. The highest BCUT2D eigenvalue weighted by Crippen LogP contribution is 2.22. The van der Waals surface area contributed by atoms with E-state index in [1.54, 1.807) is 0 Å². The zero-order chi connectivity index (χ0) is 13.3. The maximum Gasteiger partial charge on any atom is 0.255 e. The van der Waals surface area contributed by atoms with Crippen LogP contribution in [0.1, 0.15) is 17.3 Å². The van der Waals surface area contributed by atoms with Gasteiger partial charge in [0.25, 0.3) is 5.91 Å². The van der Waals surface area contributed by atoms with E-state index in [0.29, 0.717) is 19.7 Å². The van der Waals surface area contributed by atoms with Crippen LogP contribution in [0.5, 0.6) is 0 Å². The van der Waals surface area contributed by atoms with Crippen LogP contribution >= 0.6 is 11.6 Å². The summed E-state index contributed by atoms with van der Waals surface area (Å²) in [5.74, 6) is -2.55. The average molecular weight is 276 g/mol. The van der Waals surface area contributed by atoms with Gasteiger partial charge >= 0.3 is 0 Å². The van der Waals surface area contributed by atoms with Gasteiger partial charge in [0.05, 0.1) is 23.3 Å². The molecule has 1 atom stereocenters. The smallest absolute Gasteiger partial charge is 0.255 e. The van der Waals surface area contributed by atoms with E-state index in [1.807, 2.05) is 6.92 Å². The van der Waals surface area contributed by atoms with E-state index in [2.05, 4.69) is 0 Å². The van der Waals surface area contributed by atoms with Gasteiger partial charge in [0.15, 0.2) is 11.6 Å². The van der Waals surface area contributed by atoms with Crippen molar-refractivity contribution in [3.8, 4) is 0 Å². The Bertz CT molecular complexity index is 481. The van der Waals surface area contributed by atoms with Crippen molar-refractivity contribution in [3.05, 3.63) is 34.4 Å². The molecule has 0 spiro atoms. The van der Waals surface area contributed by atoms with Gasteiger partial charge in [0.2, 0.25) is 0 Å². The van der Waals surface area contributed by atoms with E-state index in [0.717, 1.165) is 12.1 Å². The van der Waals surface area contributed by atoms with Gasteiger partial charge in [0.1, 0.15) is 0 Å². The third kappa shape index (κ3) is 2.62. The van der Waals surface area contributed by atoms with E-state index >= 15 is 0 Å². The first-order chi connectivity index (χ1) is 8.49. The number of benzene rings is 1. The fourth-order valence-electron chi connectivity index (χ4n) is 1.86. The maximum atomic E-state index is 13.1. The molecule has 1 aliphatic rings. The topological polar surface area (TPSA) is 29.5 Å². The first kappa shape index (κ1) is 13.2. The highest BCUT2D eigenvalue weighted by Gasteiger charge is 2.25. The molecule has 0 aromatic heterocycles. The van der Waals surface area contributed by atoms with Crippen LogP contribution in [0.2, 0.25) is 5.02 Å². The van der Waals surface area contributed by atoms with Gasteiger partial charge in [-0.15, -0.1) is 0 Å². The maximum absolute atomic E-state index is 13.1. The van der Waals surface area contributed by atoms with E-state index in [9.17, 15) is 13.6 Å². The largest absolute Gasteiger partial charge is 0.375 e. The van der Waals surface area contributed by atoms with Gasteiger partial charge in [0, 0.05) is 13.1 Å². The van der Waals surface area contributed by atoms with Crippen molar-refractivity contribution in [1.29, 1.82) is 0 Å². The third-order valence-corrected chi connectivity index (χ3v) is 3.08. The Labute approximate surface area is 108 Å². The molecule has 18 heavy (non-hydrogen) atoms. The number of nitrogens with zero attached hydrogens (tertiary/aromatic N) is 1. The van der Waals surface area contributed by atoms with Gasteiger partial charge in [-0.1, -0.05) is 11.6 Å². The lowest BCUT2D eigenvalue weighted by molar-refractivity contribution is -0.0124. The van der Waals surface area contributed by atoms with Crippen LogP contribution < -0.4 is 0 Å². The number of hydrogen-bond donors (Lipinski definition) is 0. The van der Waals surface area contributed by atoms with Crippen molar-refractivity contribution in [2.24, 2.45) is 0 Å². The molecular formula is C12H12ClF2NO2. The zero-order valence-corrected chi connectivity index (χ0v) is 10.5. The van der Waals surface area contributed by atoms with Gasteiger partial charge in [-0.3, -0.25) is 4.79 Å². The van der Waals surface area contributed by atoms with Gasteiger partial charge < -0.3 is 9.64 Å². The van der Waals surface area contributed by atoms with Crippen molar-refractivity contribution in [3.63, 3.8) is 0 Å². The molecule has 6 heteroatoms. The second-order valence-electron chi connectivity index (χ2n) is 4.18. The number of rotatable bonds is 1. The molecule has 1 aliphatic heterocycles. The first-order valence-electron chi connectivity index (χ1n) is 5.54. The molecule has 0 aliphatic carbocycles. The predicted octanol–water partition coefficient (Wildman–Crippen LogP) is 2.48. The van der Waals surface area contributed by atoms with E-state index < -0.39 is 17.5 Å². The minimum absolute atomic E-state index is 0.0235. The molecule has 1 heterocycles. The van der Waals surface area contributed by atoms with Crippen LogP contribution in [0.25, 0.3) is 0 Å². The summed E-state index contributed by atoms with van der Waals surface area (Å²) in [6.45, 7) is 3.09. The Balaban J connectivity index is 2.25. The summed E-state index contributed by atoms with van der Waals surface area (Å²) >= 11 is 5.77. The summed E-state index contributed by atoms with van der Waals surface area (Å²) in [6, 6.07) is 1.65. The normalized spacial score (nSPS) is 20.0. The van der Waals surface area contributed by atoms with Crippen LogP contribution in [-0.4, -0.2) is 36.6 Å². The lowest BCUT2D eigenvalue weighted by atomic mass is 10.1. The van der Waals surface area contributed by atoms with E-state index in [-0.39, 0.29) is 16.7 Å². The number of ether oxygens (including phenoxy) is 1. The van der Waals surface area contributed by atoms with Crippen LogP contribution in [0.15, 0.2) is 12.1 Å². The summed E-state index contributed by atoms with van der Waals surface area (Å²) < 4.78 is 31.4. The fourth-order valence-corrected chi connectivity index (χ4v) is 2.09. The third-order valence-electron chi connectivity index (χ3n) is 2.77. The Morgan fingerprint density at radius 1 is 1.44 bits per heavy atom. The van der Waals surface area contributed by atoms with Crippen LogP contribution in [0, 0.1) is 11.6 Å². The van der Waals surface area contributed by atoms with Crippen molar-refractivity contribution < 1.29 is 18.3 Å². The number of carbonyl (C=O) groups is 1. The molecule has 3 nitrogen and oxygen atoms in total. The van der Waals surface area contributed by atoms with Crippen molar-refractivity contribution >= 4 is 17.5 Å². The lowest BCUT2D eigenvalue weighted by Gasteiger charge is -2.31. The molecule has 1 fully saturated rings. The molecule has 0 N–H and O–H groups in total. The van der Waals surface area contributed by atoms with Crippen molar-refractivity contribution in [2.45, 2.75) is 13.0 Å². The first-order valence-corrected chi connectivity index (χ1v) is 5.92. The molecule has 1 aromatic rings. The number of amides is 1.